The van der Waals surface area contributed by atoms with Crippen LogP contribution in [0.5, 0.6) is 0 Å². The maximum atomic E-state index is 13.6. The van der Waals surface area contributed by atoms with Crippen molar-refractivity contribution in [3.8, 4) is 22.6 Å². The van der Waals surface area contributed by atoms with Crippen molar-refractivity contribution in [1.29, 1.82) is 0 Å². The maximum Gasteiger partial charge on any atom is 0.258 e. The minimum absolute atomic E-state index is 0.203. The van der Waals surface area contributed by atoms with Gasteiger partial charge in [-0.1, -0.05) is 6.07 Å². The smallest absolute Gasteiger partial charge is 0.258 e. The Kier molecular flexibility index (Phi) is 4.72. The van der Waals surface area contributed by atoms with Crippen LogP contribution in [0.2, 0.25) is 0 Å². The zero-order valence-corrected chi connectivity index (χ0v) is 17.8. The van der Waals surface area contributed by atoms with Gasteiger partial charge in [0.1, 0.15) is 23.2 Å². The average molecular weight is 459 g/mol. The van der Waals surface area contributed by atoms with E-state index in [1.165, 1.54) is 18.5 Å². The Balaban J connectivity index is 1.40. The lowest BCUT2D eigenvalue weighted by Crippen LogP contribution is -2.06. The van der Waals surface area contributed by atoms with E-state index in [2.05, 4.69) is 20.3 Å². The van der Waals surface area contributed by atoms with Gasteiger partial charge < -0.3 is 15.3 Å². The first-order valence-corrected chi connectivity index (χ1v) is 10.9. The molecular weight excluding hydrogens is 440 g/mol. The first-order valence-electron chi connectivity index (χ1n) is 10.9. The number of fused-ring (bicyclic) bond motifs is 1. The van der Waals surface area contributed by atoms with E-state index in [1.807, 2.05) is 23.0 Å². The Bertz CT molecular complexity index is 1560. The highest BCUT2D eigenvalue weighted by Gasteiger charge is 2.25. The van der Waals surface area contributed by atoms with Gasteiger partial charge in [-0.05, 0) is 43.2 Å². The topological polar surface area (TPSA) is 104 Å². The number of nitrogens with zero attached hydrogens (tertiary/aromatic N) is 4. The minimum Gasteiger partial charge on any atom is -0.378 e. The number of H-pyrrole nitrogens is 2. The molecule has 1 aliphatic rings. The highest BCUT2D eigenvalue weighted by Crippen LogP contribution is 2.36. The standard InChI is InChI=1S/C24H19F2N7O/c25-14-8-15(26)10-16(9-14)27-11-21-30-22(13-1-4-19-18(7-13)24(34)29-12-28-19)23(31-21)20-5-6-33(32-20)17-2-3-17/h1,4-10,12,17,27H,2-3,11H2,(H,30,31)(H,28,29,34). The number of rotatable bonds is 6. The SMILES string of the molecule is O=c1[nH]cnc2ccc(-c3nc(CNc4cc(F)cc(F)c4)[nH]c3-c3ccn(C4CC4)n3)cc12. The molecular formula is C24H19F2N7O. The van der Waals surface area contributed by atoms with Gasteiger partial charge in [-0.2, -0.15) is 5.10 Å². The number of hydrogen-bond acceptors (Lipinski definition) is 5. The second-order valence-corrected chi connectivity index (χ2v) is 8.29. The molecule has 5 aromatic rings. The largest absolute Gasteiger partial charge is 0.378 e. The normalized spacial score (nSPS) is 13.5. The third-order valence-electron chi connectivity index (χ3n) is 5.77. The molecule has 0 radical (unpaired) electrons. The number of anilines is 1. The van der Waals surface area contributed by atoms with Crippen LogP contribution >= 0.6 is 0 Å². The Labute approximate surface area is 191 Å². The number of aromatic nitrogens is 6. The second-order valence-electron chi connectivity index (χ2n) is 8.29. The average Bonchev–Trinajstić information content (AvgIpc) is 3.39. The maximum absolute atomic E-state index is 13.6. The van der Waals surface area contributed by atoms with Gasteiger partial charge in [-0.3, -0.25) is 9.48 Å². The van der Waals surface area contributed by atoms with E-state index in [1.54, 1.807) is 12.1 Å². The quantitative estimate of drug-likeness (QED) is 0.349. The molecule has 2 aromatic carbocycles. The van der Waals surface area contributed by atoms with E-state index in [-0.39, 0.29) is 12.1 Å². The predicted molar refractivity (Wildman–Crippen MR) is 123 cm³/mol. The van der Waals surface area contributed by atoms with E-state index in [9.17, 15) is 13.6 Å². The molecule has 170 valence electrons. The molecule has 3 N–H and O–H groups in total. The van der Waals surface area contributed by atoms with Crippen molar-refractivity contribution in [1.82, 2.24) is 29.7 Å². The van der Waals surface area contributed by atoms with Gasteiger partial charge in [0, 0.05) is 23.5 Å². The lowest BCUT2D eigenvalue weighted by Gasteiger charge is -2.04. The van der Waals surface area contributed by atoms with Crippen LogP contribution in [0.4, 0.5) is 14.5 Å². The summed E-state index contributed by atoms with van der Waals surface area (Å²) in [5.74, 6) is -0.774. The summed E-state index contributed by atoms with van der Waals surface area (Å²) in [6.45, 7) is 0.203. The molecule has 1 aliphatic carbocycles. The molecule has 0 bridgehead atoms. The zero-order valence-electron chi connectivity index (χ0n) is 17.8. The molecule has 3 heterocycles. The number of aromatic amines is 2. The molecule has 10 heteroatoms. The van der Waals surface area contributed by atoms with Gasteiger partial charge in [0.15, 0.2) is 0 Å². The molecule has 3 aromatic heterocycles. The number of hydrogen-bond donors (Lipinski definition) is 3. The van der Waals surface area contributed by atoms with Gasteiger partial charge in [0.05, 0.1) is 41.2 Å². The molecule has 0 atom stereocenters. The molecule has 8 nitrogen and oxygen atoms in total. The van der Waals surface area contributed by atoms with E-state index in [0.717, 1.165) is 30.2 Å². The molecule has 0 spiro atoms. The third kappa shape index (κ3) is 3.83. The fraction of sp³-hybridized carbons (Fsp3) is 0.167. The van der Waals surface area contributed by atoms with Crippen LogP contribution in [0, 0.1) is 11.6 Å². The van der Waals surface area contributed by atoms with Crippen molar-refractivity contribution >= 4 is 16.6 Å². The summed E-state index contributed by atoms with van der Waals surface area (Å²) in [5.41, 5.74) is 3.40. The third-order valence-corrected chi connectivity index (χ3v) is 5.77. The van der Waals surface area contributed by atoms with Gasteiger partial charge in [0.2, 0.25) is 0 Å². The molecule has 6 rings (SSSR count). The van der Waals surface area contributed by atoms with E-state index in [0.29, 0.717) is 39.8 Å². The highest BCUT2D eigenvalue weighted by atomic mass is 19.1. The summed E-state index contributed by atoms with van der Waals surface area (Å²) < 4.78 is 29.0. The predicted octanol–water partition coefficient (Wildman–Crippen LogP) is 4.40. The van der Waals surface area contributed by atoms with Gasteiger partial charge in [-0.15, -0.1) is 0 Å². The molecule has 0 amide bonds. The van der Waals surface area contributed by atoms with Crippen molar-refractivity contribution in [3.05, 3.63) is 82.8 Å². The fourth-order valence-electron chi connectivity index (χ4n) is 3.97. The lowest BCUT2D eigenvalue weighted by molar-refractivity contribution is 0.584. The summed E-state index contributed by atoms with van der Waals surface area (Å²) in [6, 6.07) is 11.0. The van der Waals surface area contributed by atoms with Gasteiger partial charge in [-0.25, -0.2) is 18.7 Å². The molecule has 0 saturated heterocycles. The summed E-state index contributed by atoms with van der Waals surface area (Å²) >= 11 is 0. The summed E-state index contributed by atoms with van der Waals surface area (Å²) in [4.78, 5) is 27.1. The molecule has 34 heavy (non-hydrogen) atoms. The zero-order chi connectivity index (χ0) is 23.2. The van der Waals surface area contributed by atoms with Crippen LogP contribution in [0.15, 0.2) is 59.8 Å². The Morgan fingerprint density at radius 3 is 2.71 bits per heavy atom. The van der Waals surface area contributed by atoms with E-state index >= 15 is 0 Å². The summed E-state index contributed by atoms with van der Waals surface area (Å²) in [5, 5.41) is 8.15. The molecule has 1 saturated carbocycles. The van der Waals surface area contributed by atoms with Crippen molar-refractivity contribution in [2.75, 3.05) is 5.32 Å². The van der Waals surface area contributed by atoms with Crippen molar-refractivity contribution < 1.29 is 8.78 Å². The van der Waals surface area contributed by atoms with Crippen molar-refractivity contribution in [3.63, 3.8) is 0 Å². The monoisotopic (exact) mass is 459 g/mol. The lowest BCUT2D eigenvalue weighted by atomic mass is 10.1. The number of imidazole rings is 1. The molecule has 0 aliphatic heterocycles. The Morgan fingerprint density at radius 1 is 1.09 bits per heavy atom. The Morgan fingerprint density at radius 2 is 1.91 bits per heavy atom. The summed E-state index contributed by atoms with van der Waals surface area (Å²) in [7, 11) is 0. The number of halogens is 2. The van der Waals surface area contributed by atoms with Gasteiger partial charge in [0.25, 0.3) is 5.56 Å². The van der Waals surface area contributed by atoms with Gasteiger partial charge >= 0.3 is 0 Å². The number of nitrogens with one attached hydrogen (secondary N) is 3. The summed E-state index contributed by atoms with van der Waals surface area (Å²) in [6.07, 6.45) is 5.53. The number of benzene rings is 2. The molecule has 1 fully saturated rings. The minimum atomic E-state index is -0.663. The van der Waals surface area contributed by atoms with Crippen LogP contribution < -0.4 is 10.9 Å². The van der Waals surface area contributed by atoms with Crippen LogP contribution in [0.1, 0.15) is 24.7 Å². The fourth-order valence-corrected chi connectivity index (χ4v) is 3.97. The van der Waals surface area contributed by atoms with E-state index < -0.39 is 11.6 Å². The Hall–Kier alpha value is -4.34. The van der Waals surface area contributed by atoms with Crippen LogP contribution in [-0.4, -0.2) is 29.7 Å². The molecule has 0 unspecified atom stereocenters. The second kappa shape index (κ2) is 7.91. The van der Waals surface area contributed by atoms with Crippen LogP contribution in [-0.2, 0) is 6.54 Å². The van der Waals surface area contributed by atoms with Crippen molar-refractivity contribution in [2.24, 2.45) is 0 Å². The van der Waals surface area contributed by atoms with Crippen molar-refractivity contribution in [2.45, 2.75) is 25.4 Å². The first kappa shape index (κ1) is 20.3. The van der Waals surface area contributed by atoms with Crippen LogP contribution in [0.25, 0.3) is 33.5 Å². The highest BCUT2D eigenvalue weighted by molar-refractivity contribution is 5.86. The van der Waals surface area contributed by atoms with Crippen LogP contribution in [0.3, 0.4) is 0 Å². The van der Waals surface area contributed by atoms with E-state index in [4.69, 9.17) is 10.1 Å². The first-order chi connectivity index (χ1) is 16.5.